The Morgan fingerprint density at radius 3 is 2.29 bits per heavy atom. The molecule has 2 amide bonds. The van der Waals surface area contributed by atoms with Crippen LogP contribution in [0.1, 0.15) is 21.5 Å². The number of hydrogen-bond acceptors (Lipinski definition) is 3. The van der Waals surface area contributed by atoms with Gasteiger partial charge < -0.3 is 10.6 Å². The number of hydrogen-bond donors (Lipinski definition) is 2. The highest BCUT2D eigenvalue weighted by Crippen LogP contribution is 2.28. The minimum Gasteiger partial charge on any atom is -0.325 e. The molecular weight excluding hydrogens is 368 g/mol. The van der Waals surface area contributed by atoms with E-state index in [2.05, 4.69) is 10.6 Å². The Labute approximate surface area is 169 Å². The number of amides is 2. The van der Waals surface area contributed by atoms with Crippen molar-refractivity contribution < 1.29 is 9.59 Å². The fourth-order valence-corrected chi connectivity index (χ4v) is 3.57. The molecule has 2 N–H and O–H groups in total. The van der Waals surface area contributed by atoms with Crippen LogP contribution < -0.4 is 10.6 Å². The lowest BCUT2D eigenvalue weighted by Gasteiger charge is -2.12. The summed E-state index contributed by atoms with van der Waals surface area (Å²) in [6.45, 7) is 4.00. The van der Waals surface area contributed by atoms with Gasteiger partial charge in [-0.1, -0.05) is 48.0 Å². The average molecular weight is 391 g/mol. The van der Waals surface area contributed by atoms with Crippen LogP contribution in [0.2, 0.25) is 0 Å². The standard InChI is InChI=1S/C23H22N2O2S/c1-16-12-13-19(17(2)14-16)24-22(26)15-28-21-11-7-6-10-20(21)25-23(27)18-8-4-3-5-9-18/h3-14H,15H2,1-2H3,(H,24,26)(H,25,27). The molecule has 0 radical (unpaired) electrons. The molecule has 0 aromatic heterocycles. The Kier molecular flexibility index (Phi) is 6.50. The van der Waals surface area contributed by atoms with Crippen LogP contribution in [0, 0.1) is 13.8 Å². The third kappa shape index (κ3) is 5.24. The zero-order valence-corrected chi connectivity index (χ0v) is 16.7. The lowest BCUT2D eigenvalue weighted by molar-refractivity contribution is -0.113. The van der Waals surface area contributed by atoms with Crippen LogP contribution in [0.15, 0.2) is 77.7 Å². The molecule has 3 aromatic rings. The highest BCUT2D eigenvalue weighted by Gasteiger charge is 2.11. The summed E-state index contributed by atoms with van der Waals surface area (Å²) in [5.74, 6) is 0.000423. The molecule has 4 nitrogen and oxygen atoms in total. The van der Waals surface area contributed by atoms with E-state index < -0.39 is 0 Å². The molecule has 0 saturated carbocycles. The van der Waals surface area contributed by atoms with E-state index in [1.807, 2.05) is 74.5 Å². The molecule has 3 rings (SSSR count). The molecule has 28 heavy (non-hydrogen) atoms. The first-order valence-electron chi connectivity index (χ1n) is 8.98. The van der Waals surface area contributed by atoms with Crippen LogP contribution in [0.25, 0.3) is 0 Å². The van der Waals surface area contributed by atoms with Crippen LogP contribution in [0.3, 0.4) is 0 Å². The maximum absolute atomic E-state index is 12.4. The Hall–Kier alpha value is -3.05. The molecule has 5 heteroatoms. The third-order valence-electron chi connectivity index (χ3n) is 4.19. The predicted molar refractivity (Wildman–Crippen MR) is 116 cm³/mol. The van der Waals surface area contributed by atoms with Crippen LogP contribution in [0.5, 0.6) is 0 Å². The van der Waals surface area contributed by atoms with E-state index in [0.29, 0.717) is 11.3 Å². The molecule has 0 saturated heterocycles. The number of carbonyl (C=O) groups is 2. The molecule has 3 aromatic carbocycles. The second kappa shape index (κ2) is 9.24. The van der Waals surface area contributed by atoms with Gasteiger partial charge in [0.05, 0.1) is 11.4 Å². The Morgan fingerprint density at radius 2 is 1.54 bits per heavy atom. The first-order valence-corrected chi connectivity index (χ1v) is 9.97. The van der Waals surface area contributed by atoms with E-state index in [1.54, 1.807) is 12.1 Å². The summed E-state index contributed by atoms with van der Waals surface area (Å²) < 4.78 is 0. The van der Waals surface area contributed by atoms with Gasteiger partial charge in [-0.15, -0.1) is 11.8 Å². The molecule has 0 unspecified atom stereocenters. The van der Waals surface area contributed by atoms with Crippen molar-refractivity contribution in [2.75, 3.05) is 16.4 Å². The smallest absolute Gasteiger partial charge is 0.255 e. The minimum absolute atomic E-state index is 0.0823. The zero-order valence-electron chi connectivity index (χ0n) is 15.9. The van der Waals surface area contributed by atoms with Gasteiger partial charge in [-0.2, -0.15) is 0 Å². The molecule has 142 valence electrons. The van der Waals surface area contributed by atoms with Crippen LogP contribution in [0.4, 0.5) is 11.4 Å². The van der Waals surface area contributed by atoms with Gasteiger partial charge in [-0.25, -0.2) is 0 Å². The lowest BCUT2D eigenvalue weighted by atomic mass is 10.1. The first-order chi connectivity index (χ1) is 13.5. The van der Waals surface area contributed by atoms with Gasteiger partial charge in [-0.05, 0) is 49.7 Å². The van der Waals surface area contributed by atoms with Gasteiger partial charge in [0.2, 0.25) is 5.91 Å². The minimum atomic E-state index is -0.173. The first kappa shape index (κ1) is 19.7. The van der Waals surface area contributed by atoms with E-state index >= 15 is 0 Å². The van der Waals surface area contributed by atoms with Crippen molar-refractivity contribution in [2.24, 2.45) is 0 Å². The number of thioether (sulfide) groups is 1. The number of aryl methyl sites for hydroxylation is 2. The van der Waals surface area contributed by atoms with E-state index in [9.17, 15) is 9.59 Å². The quantitative estimate of drug-likeness (QED) is 0.563. The van der Waals surface area contributed by atoms with Crippen LogP contribution in [-0.2, 0) is 4.79 Å². The van der Waals surface area contributed by atoms with Gasteiger partial charge in [0.1, 0.15) is 0 Å². The lowest BCUT2D eigenvalue weighted by Crippen LogP contribution is -2.15. The number of para-hydroxylation sites is 1. The van der Waals surface area contributed by atoms with Crippen molar-refractivity contribution in [1.29, 1.82) is 0 Å². The summed E-state index contributed by atoms with van der Waals surface area (Å²) >= 11 is 1.39. The molecule has 0 bridgehead atoms. The summed E-state index contributed by atoms with van der Waals surface area (Å²) in [6, 6.07) is 22.5. The van der Waals surface area contributed by atoms with E-state index in [1.165, 1.54) is 11.8 Å². The van der Waals surface area contributed by atoms with Gasteiger partial charge in [0.25, 0.3) is 5.91 Å². The molecule has 0 spiro atoms. The molecule has 0 aliphatic carbocycles. The van der Waals surface area contributed by atoms with Crippen LogP contribution in [-0.4, -0.2) is 17.6 Å². The van der Waals surface area contributed by atoms with Crippen molar-refractivity contribution in [2.45, 2.75) is 18.7 Å². The maximum Gasteiger partial charge on any atom is 0.255 e. The molecule has 0 aliphatic heterocycles. The average Bonchev–Trinajstić information content (AvgIpc) is 2.70. The zero-order chi connectivity index (χ0) is 19.9. The highest BCUT2D eigenvalue weighted by molar-refractivity contribution is 8.00. The van der Waals surface area contributed by atoms with E-state index in [4.69, 9.17) is 0 Å². The van der Waals surface area contributed by atoms with Crippen molar-refractivity contribution in [1.82, 2.24) is 0 Å². The second-order valence-corrected chi connectivity index (χ2v) is 7.49. The Bertz CT molecular complexity index is 987. The van der Waals surface area contributed by atoms with Gasteiger partial charge in [0.15, 0.2) is 0 Å². The van der Waals surface area contributed by atoms with Gasteiger partial charge in [-0.3, -0.25) is 9.59 Å². The number of anilines is 2. The van der Waals surface area contributed by atoms with E-state index in [-0.39, 0.29) is 17.6 Å². The SMILES string of the molecule is Cc1ccc(NC(=O)CSc2ccccc2NC(=O)c2ccccc2)c(C)c1. The monoisotopic (exact) mass is 390 g/mol. The van der Waals surface area contributed by atoms with Crippen molar-refractivity contribution in [3.8, 4) is 0 Å². The van der Waals surface area contributed by atoms with Crippen molar-refractivity contribution >= 4 is 35.0 Å². The third-order valence-corrected chi connectivity index (χ3v) is 5.26. The summed E-state index contributed by atoms with van der Waals surface area (Å²) in [5.41, 5.74) is 4.30. The maximum atomic E-state index is 12.4. The summed E-state index contributed by atoms with van der Waals surface area (Å²) in [7, 11) is 0. The number of nitrogens with one attached hydrogen (secondary N) is 2. The number of rotatable bonds is 6. The fourth-order valence-electron chi connectivity index (χ4n) is 2.76. The van der Waals surface area contributed by atoms with Crippen molar-refractivity contribution in [3.05, 3.63) is 89.5 Å². The highest BCUT2D eigenvalue weighted by atomic mass is 32.2. The molecule has 0 atom stereocenters. The summed E-state index contributed by atoms with van der Waals surface area (Å²) in [5, 5.41) is 5.87. The number of carbonyl (C=O) groups excluding carboxylic acids is 2. The normalized spacial score (nSPS) is 10.4. The summed E-state index contributed by atoms with van der Waals surface area (Å²) in [4.78, 5) is 25.6. The molecule has 0 fully saturated rings. The van der Waals surface area contributed by atoms with Crippen molar-refractivity contribution in [3.63, 3.8) is 0 Å². The van der Waals surface area contributed by atoms with Gasteiger partial charge in [0, 0.05) is 16.1 Å². The van der Waals surface area contributed by atoms with Crippen LogP contribution >= 0.6 is 11.8 Å². The topological polar surface area (TPSA) is 58.2 Å². The second-order valence-electron chi connectivity index (χ2n) is 6.47. The van der Waals surface area contributed by atoms with E-state index in [0.717, 1.165) is 21.7 Å². The fraction of sp³-hybridized carbons (Fsp3) is 0.130. The molecule has 0 aliphatic rings. The predicted octanol–water partition coefficient (Wildman–Crippen LogP) is 5.29. The molecular formula is C23H22N2O2S. The number of benzene rings is 3. The Balaban J connectivity index is 1.63. The largest absolute Gasteiger partial charge is 0.325 e. The summed E-state index contributed by atoms with van der Waals surface area (Å²) in [6.07, 6.45) is 0. The molecule has 0 heterocycles. The Morgan fingerprint density at radius 1 is 0.821 bits per heavy atom. The van der Waals surface area contributed by atoms with Gasteiger partial charge >= 0.3 is 0 Å².